The van der Waals surface area contributed by atoms with Gasteiger partial charge in [-0.2, -0.15) is 5.10 Å². The van der Waals surface area contributed by atoms with Crippen LogP contribution in [0, 0.1) is 11.8 Å². The fourth-order valence-corrected chi connectivity index (χ4v) is 3.19. The Hall–Kier alpha value is -0.830. The summed E-state index contributed by atoms with van der Waals surface area (Å²) in [5, 5.41) is 14.9. The Labute approximate surface area is 110 Å². The van der Waals surface area contributed by atoms with Crippen LogP contribution in [0.1, 0.15) is 70.6 Å². The summed E-state index contributed by atoms with van der Waals surface area (Å²) in [5.74, 6) is 1.10. The van der Waals surface area contributed by atoms with Gasteiger partial charge in [0.15, 0.2) is 0 Å². The van der Waals surface area contributed by atoms with Gasteiger partial charge in [-0.1, -0.05) is 32.6 Å². The highest BCUT2D eigenvalue weighted by Gasteiger charge is 2.31. The summed E-state index contributed by atoms with van der Waals surface area (Å²) in [6.45, 7) is 6.46. The van der Waals surface area contributed by atoms with Gasteiger partial charge in [0.2, 0.25) is 0 Å². The SMILES string of the molecule is CCC1CCCCC1C(O)c1cnn(C(C)C)c1. The van der Waals surface area contributed by atoms with E-state index in [0.29, 0.717) is 17.9 Å². The molecule has 0 spiro atoms. The zero-order valence-electron chi connectivity index (χ0n) is 11.8. The Morgan fingerprint density at radius 1 is 1.39 bits per heavy atom. The first-order valence-electron chi connectivity index (χ1n) is 7.35. The molecule has 1 aliphatic carbocycles. The molecule has 0 aliphatic heterocycles. The lowest BCUT2D eigenvalue weighted by atomic mass is 9.74. The Bertz CT molecular complexity index is 372. The molecule has 0 radical (unpaired) electrons. The lowest BCUT2D eigenvalue weighted by Crippen LogP contribution is -2.25. The quantitative estimate of drug-likeness (QED) is 0.884. The van der Waals surface area contributed by atoms with Crippen LogP contribution >= 0.6 is 0 Å². The molecule has 18 heavy (non-hydrogen) atoms. The van der Waals surface area contributed by atoms with Crippen LogP contribution < -0.4 is 0 Å². The van der Waals surface area contributed by atoms with Gasteiger partial charge in [0.05, 0.1) is 12.3 Å². The third-order valence-corrected chi connectivity index (χ3v) is 4.39. The summed E-state index contributed by atoms with van der Waals surface area (Å²) in [5.41, 5.74) is 0.994. The molecular weight excluding hydrogens is 224 g/mol. The zero-order valence-corrected chi connectivity index (χ0v) is 11.8. The first-order chi connectivity index (χ1) is 8.63. The minimum atomic E-state index is -0.331. The van der Waals surface area contributed by atoms with Gasteiger partial charge in [0, 0.05) is 17.8 Å². The normalized spacial score (nSPS) is 26.5. The van der Waals surface area contributed by atoms with Crippen LogP contribution in [0.3, 0.4) is 0 Å². The predicted molar refractivity (Wildman–Crippen MR) is 73.3 cm³/mol. The highest BCUT2D eigenvalue weighted by molar-refractivity contribution is 5.10. The van der Waals surface area contributed by atoms with Crippen molar-refractivity contribution in [3.05, 3.63) is 18.0 Å². The number of rotatable bonds is 4. The Morgan fingerprint density at radius 2 is 2.11 bits per heavy atom. The van der Waals surface area contributed by atoms with Gasteiger partial charge in [-0.25, -0.2) is 0 Å². The van der Waals surface area contributed by atoms with Gasteiger partial charge in [-0.15, -0.1) is 0 Å². The number of hydrogen-bond donors (Lipinski definition) is 1. The summed E-state index contributed by atoms with van der Waals surface area (Å²) in [6, 6.07) is 0.360. The lowest BCUT2D eigenvalue weighted by molar-refractivity contribution is 0.0451. The van der Waals surface area contributed by atoms with Crippen LogP contribution in [0.5, 0.6) is 0 Å². The van der Waals surface area contributed by atoms with E-state index < -0.39 is 0 Å². The van der Waals surface area contributed by atoms with Crippen molar-refractivity contribution in [1.29, 1.82) is 0 Å². The van der Waals surface area contributed by atoms with Gasteiger partial charge in [-0.05, 0) is 32.1 Å². The molecule has 0 bridgehead atoms. The lowest BCUT2D eigenvalue weighted by Gasteiger charge is -2.34. The maximum absolute atomic E-state index is 10.6. The molecule has 1 aromatic rings. The second kappa shape index (κ2) is 5.87. The fourth-order valence-electron chi connectivity index (χ4n) is 3.19. The zero-order chi connectivity index (χ0) is 13.1. The van der Waals surface area contributed by atoms with Gasteiger partial charge in [0.25, 0.3) is 0 Å². The molecule has 102 valence electrons. The van der Waals surface area contributed by atoms with Gasteiger partial charge < -0.3 is 5.11 Å². The molecule has 1 aromatic heterocycles. The van der Waals surface area contributed by atoms with Crippen molar-refractivity contribution in [2.45, 2.75) is 65.0 Å². The maximum Gasteiger partial charge on any atom is 0.0851 e. The molecule has 3 atom stereocenters. The van der Waals surface area contributed by atoms with E-state index in [0.717, 1.165) is 12.0 Å². The monoisotopic (exact) mass is 250 g/mol. The number of aliphatic hydroxyl groups is 1. The molecule has 3 unspecified atom stereocenters. The third-order valence-electron chi connectivity index (χ3n) is 4.39. The summed E-state index contributed by atoms with van der Waals surface area (Å²) < 4.78 is 1.93. The van der Waals surface area contributed by atoms with Gasteiger partial charge >= 0.3 is 0 Å². The highest BCUT2D eigenvalue weighted by atomic mass is 16.3. The largest absolute Gasteiger partial charge is 0.388 e. The summed E-state index contributed by atoms with van der Waals surface area (Å²) in [6.07, 6.45) is 9.72. The molecular formula is C15H26N2O. The second-order valence-electron chi connectivity index (χ2n) is 5.91. The molecule has 2 rings (SSSR count). The molecule has 1 saturated carbocycles. The average Bonchev–Trinajstić information content (AvgIpc) is 2.87. The topological polar surface area (TPSA) is 38.1 Å². The summed E-state index contributed by atoms with van der Waals surface area (Å²) in [4.78, 5) is 0. The van der Waals surface area contributed by atoms with E-state index >= 15 is 0 Å². The first kappa shape index (κ1) is 13.6. The molecule has 1 aliphatic rings. The van der Waals surface area contributed by atoms with Crippen molar-refractivity contribution < 1.29 is 5.11 Å². The van der Waals surface area contributed by atoms with E-state index in [1.165, 1.54) is 25.7 Å². The average molecular weight is 250 g/mol. The molecule has 3 nitrogen and oxygen atoms in total. The van der Waals surface area contributed by atoms with Crippen LogP contribution in [0.15, 0.2) is 12.4 Å². The van der Waals surface area contributed by atoms with Crippen molar-refractivity contribution in [3.8, 4) is 0 Å². The minimum absolute atomic E-state index is 0.331. The summed E-state index contributed by atoms with van der Waals surface area (Å²) in [7, 11) is 0. The van der Waals surface area contributed by atoms with Gasteiger partial charge in [0.1, 0.15) is 0 Å². The molecule has 0 amide bonds. The summed E-state index contributed by atoms with van der Waals surface area (Å²) >= 11 is 0. The Kier molecular flexibility index (Phi) is 4.44. The van der Waals surface area contributed by atoms with Crippen molar-refractivity contribution in [1.82, 2.24) is 9.78 Å². The van der Waals surface area contributed by atoms with Crippen molar-refractivity contribution in [3.63, 3.8) is 0 Å². The standard InChI is InChI=1S/C15H26N2O/c1-4-12-7-5-6-8-14(12)15(18)13-9-16-17(10-13)11(2)3/h9-12,14-15,18H,4-8H2,1-3H3. The van der Waals surface area contributed by atoms with E-state index in [1.54, 1.807) is 0 Å². The van der Waals surface area contributed by atoms with E-state index in [9.17, 15) is 5.11 Å². The first-order valence-corrected chi connectivity index (χ1v) is 7.35. The van der Waals surface area contributed by atoms with Crippen LogP contribution in [-0.4, -0.2) is 14.9 Å². The number of aliphatic hydroxyl groups excluding tert-OH is 1. The van der Waals surface area contributed by atoms with E-state index in [1.807, 2.05) is 17.1 Å². The van der Waals surface area contributed by atoms with E-state index in [-0.39, 0.29) is 6.10 Å². The van der Waals surface area contributed by atoms with Crippen LogP contribution in [-0.2, 0) is 0 Å². The molecule has 0 aromatic carbocycles. The van der Waals surface area contributed by atoms with Gasteiger partial charge in [-0.3, -0.25) is 4.68 Å². The van der Waals surface area contributed by atoms with Crippen LogP contribution in [0.4, 0.5) is 0 Å². The molecule has 1 fully saturated rings. The number of hydrogen-bond acceptors (Lipinski definition) is 2. The Balaban J connectivity index is 2.10. The van der Waals surface area contributed by atoms with Crippen LogP contribution in [0.2, 0.25) is 0 Å². The van der Waals surface area contributed by atoms with E-state index in [2.05, 4.69) is 25.9 Å². The molecule has 0 saturated heterocycles. The van der Waals surface area contributed by atoms with Crippen LogP contribution in [0.25, 0.3) is 0 Å². The maximum atomic E-state index is 10.6. The molecule has 1 heterocycles. The molecule has 3 heteroatoms. The smallest absolute Gasteiger partial charge is 0.0851 e. The number of aromatic nitrogens is 2. The van der Waals surface area contributed by atoms with Crippen molar-refractivity contribution in [2.75, 3.05) is 0 Å². The van der Waals surface area contributed by atoms with Crippen molar-refractivity contribution in [2.24, 2.45) is 11.8 Å². The van der Waals surface area contributed by atoms with E-state index in [4.69, 9.17) is 0 Å². The minimum Gasteiger partial charge on any atom is -0.388 e. The Morgan fingerprint density at radius 3 is 2.72 bits per heavy atom. The van der Waals surface area contributed by atoms with Crippen molar-refractivity contribution >= 4 is 0 Å². The number of nitrogens with zero attached hydrogens (tertiary/aromatic N) is 2. The second-order valence-corrected chi connectivity index (χ2v) is 5.91. The predicted octanol–water partition coefficient (Wildman–Crippen LogP) is 3.71. The third kappa shape index (κ3) is 2.77. The highest BCUT2D eigenvalue weighted by Crippen LogP contribution is 2.40. The molecule has 1 N–H and O–H groups in total. The fraction of sp³-hybridized carbons (Fsp3) is 0.800.